The van der Waals surface area contributed by atoms with Crippen LogP contribution in [0.15, 0.2) is 11.6 Å². The minimum Gasteiger partial charge on any atom is -0.455 e. The minimum absolute atomic E-state index is 0.0438. The van der Waals surface area contributed by atoms with E-state index in [1.54, 1.807) is 6.08 Å². The number of fused-ring (bicyclic) bond motifs is 1. The number of ether oxygens (including phenoxy) is 1. The smallest absolute Gasteiger partial charge is 0.331 e. The predicted molar refractivity (Wildman–Crippen MR) is 58.7 cm³/mol. The number of esters is 1. The molecule has 1 saturated carbocycles. The molecule has 0 aromatic carbocycles. The largest absolute Gasteiger partial charge is 0.455 e. The summed E-state index contributed by atoms with van der Waals surface area (Å²) in [5.41, 5.74) is 0.898. The zero-order valence-corrected chi connectivity index (χ0v) is 10.4. The van der Waals surface area contributed by atoms with Crippen molar-refractivity contribution in [3.8, 4) is 0 Å². The van der Waals surface area contributed by atoms with Crippen molar-refractivity contribution < 1.29 is 9.53 Å². The third kappa shape index (κ3) is 1.41. The molecule has 0 aromatic rings. The average molecular weight is 280 g/mol. The van der Waals surface area contributed by atoms with Crippen molar-refractivity contribution in [2.45, 2.75) is 36.6 Å². The molecule has 3 atom stereocenters. The topological polar surface area (TPSA) is 26.3 Å². The van der Waals surface area contributed by atoms with Gasteiger partial charge in [0.15, 0.2) is 0 Å². The maximum absolute atomic E-state index is 11.1. The Labute approximate surface area is 96.8 Å². The van der Waals surface area contributed by atoms with E-state index < -0.39 is 0 Å². The maximum Gasteiger partial charge on any atom is 0.331 e. The molecule has 14 heavy (non-hydrogen) atoms. The van der Waals surface area contributed by atoms with Crippen LogP contribution in [0.5, 0.6) is 0 Å². The van der Waals surface area contributed by atoms with Crippen LogP contribution in [0.3, 0.4) is 0 Å². The molecule has 0 spiro atoms. The van der Waals surface area contributed by atoms with E-state index in [0.29, 0.717) is 0 Å². The molecule has 1 aliphatic carbocycles. The van der Waals surface area contributed by atoms with Crippen molar-refractivity contribution in [3.05, 3.63) is 11.6 Å². The van der Waals surface area contributed by atoms with Crippen LogP contribution < -0.4 is 0 Å². The van der Waals surface area contributed by atoms with Crippen LogP contribution in [0, 0.1) is 5.41 Å². The van der Waals surface area contributed by atoms with E-state index in [4.69, 9.17) is 16.3 Å². The average Bonchev–Trinajstić information content (AvgIpc) is 2.43. The molecule has 1 heterocycles. The first kappa shape index (κ1) is 10.5. The van der Waals surface area contributed by atoms with Crippen LogP contribution in [-0.4, -0.2) is 22.3 Å². The highest BCUT2D eigenvalue weighted by Crippen LogP contribution is 2.48. The van der Waals surface area contributed by atoms with Gasteiger partial charge in [0.1, 0.15) is 6.10 Å². The zero-order chi connectivity index (χ0) is 10.5. The molecule has 2 aliphatic rings. The highest BCUT2D eigenvalue weighted by molar-refractivity contribution is 9.09. The number of carbonyl (C=O) groups excluding carboxylic acids is 1. The van der Waals surface area contributed by atoms with Crippen LogP contribution in [0.25, 0.3) is 0 Å². The lowest BCUT2D eigenvalue weighted by Gasteiger charge is -2.42. The quantitative estimate of drug-likeness (QED) is 0.503. The molecule has 4 heteroatoms. The van der Waals surface area contributed by atoms with Crippen LogP contribution >= 0.6 is 27.5 Å². The third-order valence-corrected chi connectivity index (χ3v) is 5.46. The highest BCUT2D eigenvalue weighted by atomic mass is 79.9. The summed E-state index contributed by atoms with van der Waals surface area (Å²) >= 11 is 9.94. The fraction of sp³-hybridized carbons (Fsp3) is 0.700. The molecule has 0 N–H and O–H groups in total. The Morgan fingerprint density at radius 2 is 2.29 bits per heavy atom. The summed E-state index contributed by atoms with van der Waals surface area (Å²) in [5.74, 6) is -0.256. The lowest BCUT2D eigenvalue weighted by atomic mass is 9.73. The molecule has 1 fully saturated rings. The predicted octanol–water partition coefficient (Wildman–Crippen LogP) is 2.64. The van der Waals surface area contributed by atoms with Crippen molar-refractivity contribution in [1.82, 2.24) is 0 Å². The second-order valence-electron chi connectivity index (χ2n) is 4.46. The van der Waals surface area contributed by atoms with E-state index >= 15 is 0 Å². The van der Waals surface area contributed by atoms with Gasteiger partial charge in [0.05, 0.1) is 5.38 Å². The monoisotopic (exact) mass is 278 g/mol. The number of carbonyl (C=O) groups is 1. The van der Waals surface area contributed by atoms with Crippen molar-refractivity contribution >= 4 is 33.5 Å². The Morgan fingerprint density at radius 1 is 1.64 bits per heavy atom. The van der Waals surface area contributed by atoms with E-state index in [-0.39, 0.29) is 27.7 Å². The standard InChI is InChI=1S/C10H12BrClO2/c1-10(2)7(11)4-6-5(9(10)12)3-8(13)14-6/h3,6-7,9H,4H2,1-2H3. The molecular formula is C10H12BrClO2. The van der Waals surface area contributed by atoms with Crippen molar-refractivity contribution in [2.75, 3.05) is 0 Å². The van der Waals surface area contributed by atoms with Crippen LogP contribution in [0.2, 0.25) is 0 Å². The highest BCUT2D eigenvalue weighted by Gasteiger charge is 2.48. The summed E-state index contributed by atoms with van der Waals surface area (Å²) in [4.78, 5) is 11.4. The van der Waals surface area contributed by atoms with Crippen LogP contribution in [0.4, 0.5) is 0 Å². The Balaban J connectivity index is 2.33. The normalized spacial score (nSPS) is 40.1. The fourth-order valence-corrected chi connectivity index (χ4v) is 3.08. The number of hydrogen-bond donors (Lipinski definition) is 0. The number of alkyl halides is 2. The first-order chi connectivity index (χ1) is 6.43. The van der Waals surface area contributed by atoms with Crippen LogP contribution in [-0.2, 0) is 9.53 Å². The van der Waals surface area contributed by atoms with Gasteiger partial charge in [-0.1, -0.05) is 29.8 Å². The molecule has 1 aliphatic heterocycles. The maximum atomic E-state index is 11.1. The number of halogens is 2. The summed E-state index contributed by atoms with van der Waals surface area (Å²) in [6.45, 7) is 4.20. The molecule has 3 unspecified atom stereocenters. The number of hydrogen-bond acceptors (Lipinski definition) is 2. The molecule has 2 rings (SSSR count). The molecule has 0 amide bonds. The van der Waals surface area contributed by atoms with E-state index in [1.165, 1.54) is 0 Å². The lowest BCUT2D eigenvalue weighted by Crippen LogP contribution is -2.44. The molecule has 0 saturated heterocycles. The molecule has 0 bridgehead atoms. The SMILES string of the molecule is CC1(C)C(Br)CC2OC(=O)C=C2C1Cl. The van der Waals surface area contributed by atoms with Crippen molar-refractivity contribution in [3.63, 3.8) is 0 Å². The summed E-state index contributed by atoms with van der Waals surface area (Å²) in [7, 11) is 0. The van der Waals surface area contributed by atoms with Gasteiger partial charge in [0.2, 0.25) is 0 Å². The van der Waals surface area contributed by atoms with Gasteiger partial charge in [0.25, 0.3) is 0 Å². The first-order valence-electron chi connectivity index (χ1n) is 4.63. The van der Waals surface area contributed by atoms with Crippen molar-refractivity contribution in [1.29, 1.82) is 0 Å². The lowest BCUT2D eigenvalue weighted by molar-refractivity contribution is -0.139. The number of rotatable bonds is 0. The van der Waals surface area contributed by atoms with Gasteiger partial charge in [0, 0.05) is 17.3 Å². The Kier molecular flexibility index (Phi) is 2.43. The van der Waals surface area contributed by atoms with Crippen LogP contribution in [0.1, 0.15) is 20.3 Å². The summed E-state index contributed by atoms with van der Waals surface area (Å²) in [5, 5.41) is -0.128. The van der Waals surface area contributed by atoms with Gasteiger partial charge >= 0.3 is 5.97 Å². The Bertz CT molecular complexity index is 311. The van der Waals surface area contributed by atoms with E-state index in [9.17, 15) is 4.79 Å². The van der Waals surface area contributed by atoms with E-state index in [1.807, 2.05) is 0 Å². The Morgan fingerprint density at radius 3 is 2.93 bits per heavy atom. The van der Waals surface area contributed by atoms with Gasteiger partial charge in [-0.3, -0.25) is 0 Å². The van der Waals surface area contributed by atoms with E-state index in [2.05, 4.69) is 29.8 Å². The van der Waals surface area contributed by atoms with Gasteiger partial charge in [-0.2, -0.15) is 0 Å². The second-order valence-corrected chi connectivity index (χ2v) is 6.00. The van der Waals surface area contributed by atoms with Gasteiger partial charge in [-0.15, -0.1) is 11.6 Å². The summed E-state index contributed by atoms with van der Waals surface area (Å²) < 4.78 is 5.15. The molecule has 78 valence electrons. The van der Waals surface area contributed by atoms with Crippen molar-refractivity contribution in [2.24, 2.45) is 5.41 Å². The minimum atomic E-state index is -0.256. The molecule has 0 aromatic heterocycles. The third-order valence-electron chi connectivity index (χ3n) is 3.09. The summed E-state index contributed by atoms with van der Waals surface area (Å²) in [6.07, 6.45) is 2.25. The van der Waals surface area contributed by atoms with Gasteiger partial charge in [-0.05, 0) is 11.0 Å². The molecule has 0 radical (unpaired) electrons. The van der Waals surface area contributed by atoms with Gasteiger partial charge in [-0.25, -0.2) is 4.79 Å². The fourth-order valence-electron chi connectivity index (χ4n) is 1.97. The molecule has 2 nitrogen and oxygen atoms in total. The Hall–Kier alpha value is -0.0200. The molecular weight excluding hydrogens is 267 g/mol. The van der Waals surface area contributed by atoms with E-state index in [0.717, 1.165) is 12.0 Å². The second kappa shape index (κ2) is 3.24. The van der Waals surface area contributed by atoms with Gasteiger partial charge < -0.3 is 4.74 Å². The first-order valence-corrected chi connectivity index (χ1v) is 5.98. The zero-order valence-electron chi connectivity index (χ0n) is 8.09. The summed E-state index contributed by atoms with van der Waals surface area (Å²) in [6, 6.07) is 0.